The summed E-state index contributed by atoms with van der Waals surface area (Å²) >= 11 is 1.75. The zero-order valence-electron chi connectivity index (χ0n) is 7.58. The van der Waals surface area contributed by atoms with E-state index >= 15 is 0 Å². The standard InChI is InChI=1S/C8H14N4S/c1-2-6-3-4-7(13-6)5-11-8(9)12-10/h3-4H,2,5,10H2,1H3,(H3,9,11,12). The number of aryl methyl sites for hydroxylation is 1. The summed E-state index contributed by atoms with van der Waals surface area (Å²) in [6.45, 7) is 2.73. The van der Waals surface area contributed by atoms with Gasteiger partial charge in [0.1, 0.15) is 0 Å². The van der Waals surface area contributed by atoms with Crippen LogP contribution in [0.3, 0.4) is 0 Å². The van der Waals surface area contributed by atoms with E-state index < -0.39 is 0 Å². The highest BCUT2D eigenvalue weighted by atomic mass is 32.1. The summed E-state index contributed by atoms with van der Waals surface area (Å²) in [6.07, 6.45) is 1.07. The SMILES string of the molecule is CCc1ccc(CN=C(N)NN)s1. The third kappa shape index (κ3) is 3.04. The molecular weight excluding hydrogens is 184 g/mol. The Morgan fingerprint density at radius 2 is 2.23 bits per heavy atom. The summed E-state index contributed by atoms with van der Waals surface area (Å²) in [5.74, 6) is 5.34. The van der Waals surface area contributed by atoms with Gasteiger partial charge < -0.3 is 5.73 Å². The van der Waals surface area contributed by atoms with Crippen molar-refractivity contribution in [2.24, 2.45) is 16.6 Å². The van der Waals surface area contributed by atoms with Gasteiger partial charge in [0, 0.05) is 9.75 Å². The Bertz CT molecular complexity index is 292. The molecule has 0 spiro atoms. The van der Waals surface area contributed by atoms with Crippen molar-refractivity contribution in [2.75, 3.05) is 0 Å². The van der Waals surface area contributed by atoms with Crippen LogP contribution in [0.1, 0.15) is 16.7 Å². The van der Waals surface area contributed by atoms with E-state index in [1.54, 1.807) is 11.3 Å². The summed E-state index contributed by atoms with van der Waals surface area (Å²) < 4.78 is 0. The van der Waals surface area contributed by atoms with Crippen LogP contribution in [0.15, 0.2) is 17.1 Å². The second-order valence-electron chi connectivity index (χ2n) is 2.57. The van der Waals surface area contributed by atoms with Crippen molar-refractivity contribution in [1.29, 1.82) is 0 Å². The highest BCUT2D eigenvalue weighted by Gasteiger charge is 1.97. The van der Waals surface area contributed by atoms with E-state index in [1.807, 2.05) is 0 Å². The van der Waals surface area contributed by atoms with Crippen LogP contribution in [-0.2, 0) is 13.0 Å². The maximum Gasteiger partial charge on any atom is 0.203 e. The average molecular weight is 198 g/mol. The molecule has 0 radical (unpaired) electrons. The van der Waals surface area contributed by atoms with Crippen molar-refractivity contribution in [3.63, 3.8) is 0 Å². The number of nitrogens with one attached hydrogen (secondary N) is 1. The van der Waals surface area contributed by atoms with Crippen LogP contribution in [0.5, 0.6) is 0 Å². The average Bonchev–Trinajstić information content (AvgIpc) is 2.61. The quantitative estimate of drug-likeness (QED) is 0.288. The summed E-state index contributed by atoms with van der Waals surface area (Å²) in [4.78, 5) is 6.60. The van der Waals surface area contributed by atoms with Gasteiger partial charge in [0.2, 0.25) is 5.96 Å². The largest absolute Gasteiger partial charge is 0.369 e. The summed E-state index contributed by atoms with van der Waals surface area (Å²) in [6, 6.07) is 4.18. The van der Waals surface area contributed by atoms with Crippen LogP contribution < -0.4 is 17.0 Å². The molecule has 0 atom stereocenters. The summed E-state index contributed by atoms with van der Waals surface area (Å²) in [5.41, 5.74) is 7.67. The Hall–Kier alpha value is -1.07. The lowest BCUT2D eigenvalue weighted by molar-refractivity contribution is 0.966. The van der Waals surface area contributed by atoms with Gasteiger partial charge in [0.05, 0.1) is 6.54 Å². The molecule has 72 valence electrons. The molecule has 0 bridgehead atoms. The molecule has 0 aromatic carbocycles. The molecule has 0 saturated carbocycles. The van der Waals surface area contributed by atoms with Gasteiger partial charge in [0.25, 0.3) is 0 Å². The molecule has 1 aromatic heterocycles. The van der Waals surface area contributed by atoms with E-state index in [0.29, 0.717) is 6.54 Å². The molecule has 13 heavy (non-hydrogen) atoms. The predicted molar refractivity (Wildman–Crippen MR) is 56.3 cm³/mol. The van der Waals surface area contributed by atoms with Crippen LogP contribution in [0.2, 0.25) is 0 Å². The molecule has 1 rings (SSSR count). The maximum atomic E-state index is 5.38. The van der Waals surface area contributed by atoms with Crippen molar-refractivity contribution in [3.8, 4) is 0 Å². The first kappa shape index (κ1) is 10.0. The minimum absolute atomic E-state index is 0.270. The van der Waals surface area contributed by atoms with E-state index in [2.05, 4.69) is 29.5 Å². The maximum absolute atomic E-state index is 5.38. The van der Waals surface area contributed by atoms with Crippen molar-refractivity contribution in [3.05, 3.63) is 21.9 Å². The smallest absolute Gasteiger partial charge is 0.203 e. The van der Waals surface area contributed by atoms with E-state index in [-0.39, 0.29) is 5.96 Å². The highest BCUT2D eigenvalue weighted by molar-refractivity contribution is 7.11. The highest BCUT2D eigenvalue weighted by Crippen LogP contribution is 2.17. The first-order chi connectivity index (χ1) is 6.26. The molecule has 5 heteroatoms. The number of hydrogen-bond acceptors (Lipinski definition) is 3. The van der Waals surface area contributed by atoms with Crippen molar-refractivity contribution >= 4 is 17.3 Å². The summed E-state index contributed by atoms with van der Waals surface area (Å²) in [5, 5.41) is 0. The van der Waals surface area contributed by atoms with Crippen molar-refractivity contribution in [1.82, 2.24) is 5.43 Å². The zero-order valence-corrected chi connectivity index (χ0v) is 8.40. The van der Waals surface area contributed by atoms with Crippen LogP contribution in [0, 0.1) is 0 Å². The fourth-order valence-corrected chi connectivity index (χ4v) is 1.79. The number of nitrogens with two attached hydrogens (primary N) is 2. The van der Waals surface area contributed by atoms with Crippen LogP contribution in [0.25, 0.3) is 0 Å². The number of hydrogen-bond donors (Lipinski definition) is 3. The van der Waals surface area contributed by atoms with Gasteiger partial charge in [-0.2, -0.15) is 0 Å². The Kier molecular flexibility index (Phi) is 3.72. The number of guanidine groups is 1. The van der Waals surface area contributed by atoms with Gasteiger partial charge in [-0.05, 0) is 18.6 Å². The van der Waals surface area contributed by atoms with Gasteiger partial charge in [-0.25, -0.2) is 10.8 Å². The Balaban J connectivity index is 2.54. The van der Waals surface area contributed by atoms with Gasteiger partial charge in [-0.15, -0.1) is 11.3 Å². The normalized spacial score (nSPS) is 11.7. The first-order valence-corrected chi connectivity index (χ1v) is 4.92. The van der Waals surface area contributed by atoms with Crippen LogP contribution >= 0.6 is 11.3 Å². The van der Waals surface area contributed by atoms with Crippen molar-refractivity contribution < 1.29 is 0 Å². The second-order valence-corrected chi connectivity index (χ2v) is 3.82. The Morgan fingerprint density at radius 1 is 1.54 bits per heavy atom. The summed E-state index contributed by atoms with van der Waals surface area (Å²) in [7, 11) is 0. The lowest BCUT2D eigenvalue weighted by Gasteiger charge is -1.96. The number of hydrazine groups is 1. The minimum Gasteiger partial charge on any atom is -0.369 e. The lowest BCUT2D eigenvalue weighted by atomic mass is 10.4. The third-order valence-corrected chi connectivity index (χ3v) is 2.83. The molecule has 0 fully saturated rings. The Morgan fingerprint density at radius 3 is 2.77 bits per heavy atom. The van der Waals surface area contributed by atoms with E-state index in [0.717, 1.165) is 6.42 Å². The lowest BCUT2D eigenvalue weighted by Crippen LogP contribution is -2.36. The molecule has 5 N–H and O–H groups in total. The van der Waals surface area contributed by atoms with Gasteiger partial charge in [-0.3, -0.25) is 5.43 Å². The number of rotatable bonds is 3. The minimum atomic E-state index is 0.270. The van der Waals surface area contributed by atoms with Gasteiger partial charge in [-0.1, -0.05) is 6.92 Å². The molecule has 4 nitrogen and oxygen atoms in total. The van der Waals surface area contributed by atoms with E-state index in [1.165, 1.54) is 9.75 Å². The molecular formula is C8H14N4S. The van der Waals surface area contributed by atoms with Gasteiger partial charge in [0.15, 0.2) is 0 Å². The van der Waals surface area contributed by atoms with Gasteiger partial charge >= 0.3 is 0 Å². The molecule has 1 aromatic rings. The monoisotopic (exact) mass is 198 g/mol. The Labute approximate surface area is 81.6 Å². The topological polar surface area (TPSA) is 76.4 Å². The number of thiophene rings is 1. The number of aliphatic imine (C=N–C) groups is 1. The molecule has 0 amide bonds. The molecule has 0 aliphatic carbocycles. The first-order valence-electron chi connectivity index (χ1n) is 4.10. The fourth-order valence-electron chi connectivity index (χ4n) is 0.906. The zero-order chi connectivity index (χ0) is 9.68. The molecule has 1 heterocycles. The van der Waals surface area contributed by atoms with Crippen molar-refractivity contribution in [2.45, 2.75) is 19.9 Å². The molecule has 0 aliphatic heterocycles. The fraction of sp³-hybridized carbons (Fsp3) is 0.375. The second kappa shape index (κ2) is 4.84. The molecule has 0 unspecified atom stereocenters. The predicted octanol–water partition coefficient (Wildman–Crippen LogP) is 0.589. The molecule has 0 saturated heterocycles. The van der Waals surface area contributed by atoms with Crippen LogP contribution in [-0.4, -0.2) is 5.96 Å². The third-order valence-electron chi connectivity index (χ3n) is 1.62. The van der Waals surface area contributed by atoms with E-state index in [4.69, 9.17) is 11.6 Å². The number of nitrogens with zero attached hydrogens (tertiary/aromatic N) is 1. The molecule has 0 aliphatic rings. The van der Waals surface area contributed by atoms with E-state index in [9.17, 15) is 0 Å². The van der Waals surface area contributed by atoms with Crippen LogP contribution in [0.4, 0.5) is 0 Å².